The molecule has 0 fully saturated rings. The van der Waals surface area contributed by atoms with E-state index >= 15 is 0 Å². The van der Waals surface area contributed by atoms with Gasteiger partial charge in [-0.2, -0.15) is 0 Å². The molecule has 4 heteroatoms. The van der Waals surface area contributed by atoms with E-state index in [1.807, 2.05) is 12.1 Å². The van der Waals surface area contributed by atoms with Gasteiger partial charge in [0.15, 0.2) is 5.82 Å². The van der Waals surface area contributed by atoms with E-state index in [0.29, 0.717) is 11.5 Å². The molecule has 4 nitrogen and oxygen atoms in total. The molecule has 0 radical (unpaired) electrons. The van der Waals surface area contributed by atoms with E-state index in [9.17, 15) is 0 Å². The van der Waals surface area contributed by atoms with E-state index in [4.69, 9.17) is 9.98 Å². The molecule has 1 aliphatic rings. The van der Waals surface area contributed by atoms with Crippen molar-refractivity contribution in [1.29, 1.82) is 0 Å². The van der Waals surface area contributed by atoms with Crippen LogP contribution >= 0.6 is 0 Å². The predicted octanol–water partition coefficient (Wildman–Crippen LogP) is 8.09. The summed E-state index contributed by atoms with van der Waals surface area (Å²) in [5, 5.41) is 0. The van der Waals surface area contributed by atoms with E-state index in [0.717, 1.165) is 22.6 Å². The van der Waals surface area contributed by atoms with Gasteiger partial charge in [0, 0.05) is 0 Å². The van der Waals surface area contributed by atoms with Crippen molar-refractivity contribution in [2.24, 2.45) is 15.4 Å². The third kappa shape index (κ3) is 4.38. The molecule has 37 heavy (non-hydrogen) atoms. The van der Waals surface area contributed by atoms with Crippen molar-refractivity contribution in [3.8, 4) is 22.3 Å². The zero-order chi connectivity index (χ0) is 25.2. The van der Waals surface area contributed by atoms with Crippen LogP contribution in [0.1, 0.15) is 25.0 Å². The maximum atomic E-state index is 5.08. The zero-order valence-electron chi connectivity index (χ0n) is 20.8. The Morgan fingerprint density at radius 3 is 1.43 bits per heavy atom. The lowest BCUT2D eigenvalue weighted by Crippen LogP contribution is -2.34. The summed E-state index contributed by atoms with van der Waals surface area (Å²) in [6.07, 6.45) is 3.27. The van der Waals surface area contributed by atoms with Crippen molar-refractivity contribution in [2.75, 3.05) is 0 Å². The van der Waals surface area contributed by atoms with Gasteiger partial charge in [-0.3, -0.25) is 0 Å². The Balaban J connectivity index is 1.44. The number of rotatable bonds is 4. The Kier molecular flexibility index (Phi) is 5.78. The van der Waals surface area contributed by atoms with Gasteiger partial charge in [-0.25, -0.2) is 20.0 Å². The maximum Gasteiger partial charge on any atom is 0.181 e. The highest BCUT2D eigenvalue weighted by atomic mass is 15.0. The molecule has 0 saturated heterocycles. The zero-order valence-corrected chi connectivity index (χ0v) is 20.8. The van der Waals surface area contributed by atoms with Crippen molar-refractivity contribution >= 4 is 22.9 Å². The van der Waals surface area contributed by atoms with Crippen LogP contribution in [0.3, 0.4) is 0 Å². The fraction of sp³-hybridized carbons (Fsp3) is 0.0909. The summed E-state index contributed by atoms with van der Waals surface area (Å²) >= 11 is 0. The highest BCUT2D eigenvalue weighted by molar-refractivity contribution is 6.25. The average Bonchev–Trinajstić information content (AvgIpc) is 3.08. The van der Waals surface area contributed by atoms with Crippen molar-refractivity contribution in [2.45, 2.75) is 13.8 Å². The van der Waals surface area contributed by atoms with Crippen molar-refractivity contribution in [1.82, 2.24) is 9.97 Å². The number of hydrogen-bond acceptors (Lipinski definition) is 4. The second kappa shape index (κ2) is 9.40. The van der Waals surface area contributed by atoms with E-state index in [-0.39, 0.29) is 0 Å². The average molecular weight is 479 g/mol. The normalized spacial score (nSPS) is 14.2. The molecule has 0 aliphatic carbocycles. The quantitative estimate of drug-likeness (QED) is 0.262. The molecule has 0 bridgehead atoms. The largest absolute Gasteiger partial charge is 0.246 e. The summed E-state index contributed by atoms with van der Waals surface area (Å²) in [6.45, 7) is 4.36. The van der Waals surface area contributed by atoms with Crippen LogP contribution in [0.4, 0.5) is 11.5 Å². The van der Waals surface area contributed by atoms with E-state index < -0.39 is 5.41 Å². The molecule has 1 aromatic heterocycles. The molecule has 6 rings (SSSR count). The fourth-order valence-corrected chi connectivity index (χ4v) is 4.85. The van der Waals surface area contributed by atoms with Crippen LogP contribution in [-0.4, -0.2) is 21.4 Å². The van der Waals surface area contributed by atoms with Crippen molar-refractivity contribution < 1.29 is 0 Å². The van der Waals surface area contributed by atoms with Crippen LogP contribution in [0, 0.1) is 5.41 Å². The first-order valence-corrected chi connectivity index (χ1v) is 12.4. The number of aliphatic imine (C=N–C) groups is 2. The number of hydrogen-bond donors (Lipinski definition) is 0. The smallest absolute Gasteiger partial charge is 0.181 e. The highest BCUT2D eigenvalue weighted by Crippen LogP contribution is 2.38. The van der Waals surface area contributed by atoms with Gasteiger partial charge in [-0.1, -0.05) is 109 Å². The highest BCUT2D eigenvalue weighted by Gasteiger charge is 2.35. The maximum absolute atomic E-state index is 5.08. The van der Waals surface area contributed by atoms with Crippen LogP contribution in [0.5, 0.6) is 0 Å². The molecular formula is C33H26N4. The van der Waals surface area contributed by atoms with E-state index in [1.165, 1.54) is 28.6 Å². The van der Waals surface area contributed by atoms with Crippen LogP contribution in [0.15, 0.2) is 132 Å². The molecule has 0 unspecified atom stereocenters. The molecule has 5 aromatic rings. The van der Waals surface area contributed by atoms with Crippen LogP contribution in [0.25, 0.3) is 22.3 Å². The predicted molar refractivity (Wildman–Crippen MR) is 152 cm³/mol. The summed E-state index contributed by atoms with van der Waals surface area (Å²) in [5.74, 6) is 0.584. The van der Waals surface area contributed by atoms with Crippen molar-refractivity contribution in [3.05, 3.63) is 133 Å². The summed E-state index contributed by atoms with van der Waals surface area (Å²) in [6, 6.07) is 38.0. The number of aromatic nitrogens is 2. The Labute approximate surface area is 217 Å². The second-order valence-corrected chi connectivity index (χ2v) is 9.66. The SMILES string of the molecule is CC1(C)C(c2ccc(-c3ccccc3)cc2)=Nc2cncnc2N=C1c1ccc(-c2ccccc2)cc1. The van der Waals surface area contributed by atoms with Gasteiger partial charge in [-0.15, -0.1) is 0 Å². The van der Waals surface area contributed by atoms with Gasteiger partial charge in [-0.05, 0) is 47.2 Å². The number of nitrogens with zero attached hydrogens (tertiary/aromatic N) is 4. The molecule has 1 aliphatic heterocycles. The minimum absolute atomic E-state index is 0.483. The van der Waals surface area contributed by atoms with Gasteiger partial charge in [0.25, 0.3) is 0 Å². The second-order valence-electron chi connectivity index (χ2n) is 9.66. The van der Waals surface area contributed by atoms with E-state index in [2.05, 4.69) is 121 Å². The molecule has 0 spiro atoms. The molecule has 178 valence electrons. The molecule has 4 aromatic carbocycles. The lowest BCUT2D eigenvalue weighted by molar-refractivity contribution is 0.731. The summed E-state index contributed by atoms with van der Waals surface area (Å²) in [7, 11) is 0. The van der Waals surface area contributed by atoms with Crippen molar-refractivity contribution in [3.63, 3.8) is 0 Å². The third-order valence-corrected chi connectivity index (χ3v) is 6.84. The van der Waals surface area contributed by atoms with Gasteiger partial charge < -0.3 is 0 Å². The molecular weight excluding hydrogens is 452 g/mol. The van der Waals surface area contributed by atoms with Crippen LogP contribution in [-0.2, 0) is 0 Å². The Morgan fingerprint density at radius 2 is 0.919 bits per heavy atom. The number of fused-ring (bicyclic) bond motifs is 1. The van der Waals surface area contributed by atoms with Gasteiger partial charge >= 0.3 is 0 Å². The summed E-state index contributed by atoms with van der Waals surface area (Å²) in [4.78, 5) is 18.8. The minimum atomic E-state index is -0.483. The first-order chi connectivity index (χ1) is 18.1. The van der Waals surface area contributed by atoms with Gasteiger partial charge in [0.1, 0.15) is 12.0 Å². The lowest BCUT2D eigenvalue weighted by Gasteiger charge is -2.28. The van der Waals surface area contributed by atoms with E-state index in [1.54, 1.807) is 6.20 Å². The molecule has 0 atom stereocenters. The number of benzene rings is 4. The van der Waals surface area contributed by atoms with Gasteiger partial charge in [0.05, 0.1) is 23.0 Å². The first kappa shape index (κ1) is 22.7. The lowest BCUT2D eigenvalue weighted by atomic mass is 9.76. The fourth-order valence-electron chi connectivity index (χ4n) is 4.85. The topological polar surface area (TPSA) is 50.5 Å². The summed E-state index contributed by atoms with van der Waals surface area (Å²) in [5.41, 5.74) is 8.87. The monoisotopic (exact) mass is 478 g/mol. The molecule has 2 heterocycles. The Bertz CT molecular complexity index is 1480. The summed E-state index contributed by atoms with van der Waals surface area (Å²) < 4.78 is 0. The molecule has 0 amide bonds. The Hall–Kier alpha value is -4.70. The third-order valence-electron chi connectivity index (χ3n) is 6.84. The Morgan fingerprint density at radius 1 is 0.486 bits per heavy atom. The first-order valence-electron chi connectivity index (χ1n) is 12.4. The molecule has 0 N–H and O–H groups in total. The standard InChI is InChI=1S/C33H26N4/c1-33(2)30(27-17-13-25(14-18-27)23-9-5-3-6-10-23)36-29-21-34-22-35-32(29)37-31(33)28-19-15-26(16-20-28)24-11-7-4-8-12-24/h3-22H,1-2H3. The molecule has 0 saturated carbocycles. The van der Waals surface area contributed by atoms with Crippen LogP contribution in [0.2, 0.25) is 0 Å². The van der Waals surface area contributed by atoms with Crippen LogP contribution < -0.4 is 0 Å². The van der Waals surface area contributed by atoms with Gasteiger partial charge in [0.2, 0.25) is 0 Å². The minimum Gasteiger partial charge on any atom is -0.246 e.